The van der Waals surface area contributed by atoms with Gasteiger partial charge in [-0.05, 0) is 115 Å². The number of benzene rings is 16. The number of aromatic nitrogens is 6. The largest absolute Gasteiger partial charge is 0.452 e. The van der Waals surface area contributed by atoms with Crippen LogP contribution in [0.4, 0.5) is 0 Å². The van der Waals surface area contributed by atoms with Crippen LogP contribution >= 0.6 is 34.3 Å². The highest BCUT2D eigenvalue weighted by Crippen LogP contribution is 2.50. The molecule has 0 aliphatic heterocycles. The highest BCUT2D eigenvalue weighted by Gasteiger charge is 2.26. The molecular formula is C96H55ClN6O2S2. The smallest absolute Gasteiger partial charge is 0.236 e. The topological polar surface area (TPSA) is 98.6 Å². The summed E-state index contributed by atoms with van der Waals surface area (Å²) in [6, 6.07) is 115. The highest BCUT2D eigenvalue weighted by molar-refractivity contribution is 7.27. The maximum atomic E-state index is 6.59. The fourth-order valence-electron chi connectivity index (χ4n) is 16.5. The fraction of sp³-hybridized carbons (Fsp3) is 0. The lowest BCUT2D eigenvalue weighted by molar-refractivity contribution is 0.666. The number of hydrogen-bond donors (Lipinski definition) is 1. The Kier molecular flexibility index (Phi) is 13.9. The molecule has 1 N–H and O–H groups in total. The first-order chi connectivity index (χ1) is 53.0. The molecule has 0 radical (unpaired) electrons. The average Bonchev–Trinajstić information content (AvgIpc) is 1.54. The second-order valence-electron chi connectivity index (χ2n) is 27.2. The predicted molar refractivity (Wildman–Crippen MR) is 451 cm³/mol. The van der Waals surface area contributed by atoms with Crippen molar-refractivity contribution in [3.05, 3.63) is 333 Å². The standard InChI is InChI=1S/C48H27N3OS.C26H15ClN2O.C22H13NS/c1-2-14-31-28(12-1)13-11-20-32(31)29-24-26-30(27-25-29)43-46-44(36-18-6-9-22-39(36)52-46)50-48(49-43)51-38-21-8-5-17-35(38)42-45(51)34-16-4-3-15-33(34)41-37-19-7-10-23-40(37)53-47(41)42;27-26-28-23(25-24(29-26)21-9-3-4-11-22(21)30-25)18-14-12-17(13-15-18)20-10-5-7-16-6-1-2-8-19(16)20;1-2-8-14-13(7-1)19-16-10-4-6-12-18(16)24-22(19)20-15-9-3-5-11-17(15)23-21(14)20/h1-27H;1-15H;1-12,23H. The summed E-state index contributed by atoms with van der Waals surface area (Å²) >= 11 is 10.0. The molecule has 11 heteroatoms. The average molecular weight is 1420 g/mol. The lowest BCUT2D eigenvalue weighted by Gasteiger charge is -2.12. The fourth-order valence-corrected chi connectivity index (χ4v) is 19.2. The Labute approximate surface area is 622 Å². The van der Waals surface area contributed by atoms with Crippen molar-refractivity contribution in [1.82, 2.24) is 29.5 Å². The van der Waals surface area contributed by atoms with Crippen LogP contribution in [0, 0.1) is 0 Å². The minimum absolute atomic E-state index is 0.210. The molecule has 0 aliphatic rings. The number of fused-ring (bicyclic) bond motifs is 28. The van der Waals surface area contributed by atoms with Gasteiger partial charge < -0.3 is 13.8 Å². The van der Waals surface area contributed by atoms with Crippen LogP contribution in [0.5, 0.6) is 0 Å². The van der Waals surface area contributed by atoms with Gasteiger partial charge in [-0.15, -0.1) is 22.7 Å². The van der Waals surface area contributed by atoms with Crippen LogP contribution in [0.3, 0.4) is 0 Å². The zero-order chi connectivity index (χ0) is 70.4. The van der Waals surface area contributed by atoms with Gasteiger partial charge in [0.05, 0.1) is 16.6 Å². The monoisotopic (exact) mass is 1420 g/mol. The molecule has 24 rings (SSSR count). The van der Waals surface area contributed by atoms with E-state index in [4.69, 9.17) is 30.4 Å². The van der Waals surface area contributed by atoms with E-state index in [0.29, 0.717) is 22.8 Å². The number of hydrogen-bond acceptors (Lipinski definition) is 8. The maximum absolute atomic E-state index is 6.59. The summed E-state index contributed by atoms with van der Waals surface area (Å²) in [5.41, 5.74) is 17.2. The quantitative estimate of drug-likeness (QED) is 0.172. The molecule has 24 aromatic rings. The first kappa shape index (κ1) is 61.2. The van der Waals surface area contributed by atoms with Gasteiger partial charge in [-0.25, -0.2) is 19.9 Å². The Morgan fingerprint density at radius 3 is 1.32 bits per heavy atom. The van der Waals surface area contributed by atoms with Crippen molar-refractivity contribution >= 4 is 205 Å². The Morgan fingerprint density at radius 1 is 0.308 bits per heavy atom. The molecule has 0 saturated carbocycles. The molecule has 8 heterocycles. The molecule has 8 nitrogen and oxygen atoms in total. The van der Waals surface area contributed by atoms with Crippen LogP contribution in [0.1, 0.15) is 0 Å². The Hall–Kier alpha value is -13.4. The van der Waals surface area contributed by atoms with E-state index in [1.807, 2.05) is 65.1 Å². The van der Waals surface area contributed by atoms with E-state index >= 15 is 0 Å². The molecule has 0 aliphatic carbocycles. The van der Waals surface area contributed by atoms with E-state index in [2.05, 4.69) is 305 Å². The van der Waals surface area contributed by atoms with E-state index < -0.39 is 0 Å². The van der Waals surface area contributed by atoms with Crippen LogP contribution in [-0.4, -0.2) is 29.5 Å². The summed E-state index contributed by atoms with van der Waals surface area (Å²) in [7, 11) is 0. The predicted octanol–water partition coefficient (Wildman–Crippen LogP) is 27.8. The molecule has 0 spiro atoms. The lowest BCUT2D eigenvalue weighted by atomic mass is 9.97. The van der Waals surface area contributed by atoms with E-state index in [1.54, 1.807) is 0 Å². The molecule has 0 amide bonds. The lowest BCUT2D eigenvalue weighted by Crippen LogP contribution is -2.03. The van der Waals surface area contributed by atoms with Crippen LogP contribution in [-0.2, 0) is 0 Å². The number of rotatable bonds is 5. The van der Waals surface area contributed by atoms with Gasteiger partial charge in [-0.1, -0.05) is 279 Å². The van der Waals surface area contributed by atoms with Gasteiger partial charge in [0.2, 0.25) is 11.2 Å². The molecule has 16 aromatic carbocycles. The van der Waals surface area contributed by atoms with Crippen LogP contribution in [0.25, 0.3) is 222 Å². The molecule has 0 fully saturated rings. The van der Waals surface area contributed by atoms with E-state index in [0.717, 1.165) is 72.0 Å². The maximum Gasteiger partial charge on any atom is 0.236 e. The molecule has 500 valence electrons. The van der Waals surface area contributed by atoms with Crippen molar-refractivity contribution in [3.8, 4) is 50.7 Å². The van der Waals surface area contributed by atoms with Crippen molar-refractivity contribution in [2.45, 2.75) is 0 Å². The summed E-state index contributed by atoms with van der Waals surface area (Å²) < 4.78 is 20.3. The molecule has 0 unspecified atom stereocenters. The number of halogens is 1. The van der Waals surface area contributed by atoms with Gasteiger partial charge >= 0.3 is 0 Å². The van der Waals surface area contributed by atoms with E-state index in [-0.39, 0.29) is 5.28 Å². The SMILES string of the molecule is Clc1nc(-c2ccc(-c3cccc4ccccc34)cc2)c2oc3ccccc3c2n1.c1ccc2c(-c3ccc(-c4nc(-n5c6ccccc6c6c7sc8ccccc8c7c7ccccc7c65)nc5c4oc4ccccc45)cc3)cccc2c1.c1ccc2c(c1)[nH]c1c3ccccc3c3c4ccccc4sc3c21. The van der Waals surface area contributed by atoms with Gasteiger partial charge in [0.15, 0.2) is 11.2 Å². The first-order valence-electron chi connectivity index (χ1n) is 35.7. The number of thiophene rings is 2. The Morgan fingerprint density at radius 2 is 0.729 bits per heavy atom. The minimum atomic E-state index is 0.210. The zero-order valence-electron chi connectivity index (χ0n) is 56.9. The third-order valence-electron chi connectivity index (χ3n) is 21.3. The number of nitrogens with one attached hydrogen (secondary N) is 1. The summed E-state index contributed by atoms with van der Waals surface area (Å²) in [6.07, 6.45) is 0. The molecule has 0 atom stereocenters. The van der Waals surface area contributed by atoms with Crippen molar-refractivity contribution in [2.24, 2.45) is 0 Å². The highest BCUT2D eigenvalue weighted by atomic mass is 35.5. The van der Waals surface area contributed by atoms with Gasteiger partial charge in [0.25, 0.3) is 0 Å². The van der Waals surface area contributed by atoms with Gasteiger partial charge in [-0.2, -0.15) is 0 Å². The number of aromatic amines is 1. The Bertz CT molecular complexity index is 7790. The summed E-state index contributed by atoms with van der Waals surface area (Å²) in [5.74, 6) is 0.619. The number of para-hydroxylation sites is 4. The van der Waals surface area contributed by atoms with E-state index in [9.17, 15) is 0 Å². The number of nitrogens with zero attached hydrogens (tertiary/aromatic N) is 5. The Balaban J connectivity index is 0.000000111. The summed E-state index contributed by atoms with van der Waals surface area (Å²) in [6.45, 7) is 0. The summed E-state index contributed by atoms with van der Waals surface area (Å²) in [5, 5.41) is 22.5. The molecule has 0 bridgehead atoms. The normalized spacial score (nSPS) is 12.0. The third kappa shape index (κ3) is 9.67. The zero-order valence-corrected chi connectivity index (χ0v) is 59.3. The summed E-state index contributed by atoms with van der Waals surface area (Å²) in [4.78, 5) is 23.4. The van der Waals surface area contributed by atoms with Crippen molar-refractivity contribution < 1.29 is 8.83 Å². The van der Waals surface area contributed by atoms with Gasteiger partial charge in [0, 0.05) is 100 Å². The van der Waals surface area contributed by atoms with Crippen LogP contribution in [0.15, 0.2) is 336 Å². The van der Waals surface area contributed by atoms with E-state index in [1.165, 1.54) is 127 Å². The number of furan rings is 2. The minimum Gasteiger partial charge on any atom is -0.452 e. The second kappa shape index (κ2) is 24.4. The molecule has 8 aromatic heterocycles. The molecule has 107 heavy (non-hydrogen) atoms. The van der Waals surface area contributed by atoms with Crippen molar-refractivity contribution in [3.63, 3.8) is 0 Å². The van der Waals surface area contributed by atoms with Crippen LogP contribution in [0.2, 0.25) is 5.28 Å². The van der Waals surface area contributed by atoms with Crippen LogP contribution < -0.4 is 0 Å². The first-order valence-corrected chi connectivity index (χ1v) is 37.7. The van der Waals surface area contributed by atoms with Gasteiger partial charge in [0.1, 0.15) is 33.6 Å². The van der Waals surface area contributed by atoms with Crippen molar-refractivity contribution in [2.75, 3.05) is 0 Å². The van der Waals surface area contributed by atoms with Crippen molar-refractivity contribution in [1.29, 1.82) is 0 Å². The third-order valence-corrected chi connectivity index (χ3v) is 23.8. The molecular weight excluding hydrogens is 1370 g/mol. The second-order valence-corrected chi connectivity index (χ2v) is 29.6. The van der Waals surface area contributed by atoms with Gasteiger partial charge in [-0.3, -0.25) is 4.57 Å². The molecule has 0 saturated heterocycles. The number of H-pyrrole nitrogens is 1.